The van der Waals surface area contributed by atoms with Crippen LogP contribution in [0.3, 0.4) is 0 Å². The largest absolute Gasteiger partial charge is 0.335 e. The fourth-order valence-corrected chi connectivity index (χ4v) is 6.60. The third-order valence-electron chi connectivity index (χ3n) is 6.06. The molecule has 0 atom stereocenters. The van der Waals surface area contributed by atoms with Crippen molar-refractivity contribution in [3.8, 4) is 0 Å². The molecule has 2 heterocycles. The lowest BCUT2D eigenvalue weighted by atomic mass is 10.1. The quantitative estimate of drug-likeness (QED) is 0.196. The lowest BCUT2D eigenvalue weighted by Crippen LogP contribution is -2.38. The lowest BCUT2D eigenvalue weighted by Gasteiger charge is -2.20. The van der Waals surface area contributed by atoms with Gasteiger partial charge in [0, 0.05) is 47.9 Å². The summed E-state index contributed by atoms with van der Waals surface area (Å²) >= 11 is 1.46. The Morgan fingerprint density at radius 3 is 2.59 bits per heavy atom. The van der Waals surface area contributed by atoms with Crippen molar-refractivity contribution in [2.45, 2.75) is 37.1 Å². The van der Waals surface area contributed by atoms with E-state index >= 15 is 0 Å². The molecule has 0 saturated heterocycles. The summed E-state index contributed by atoms with van der Waals surface area (Å²) in [4.78, 5) is 14.8. The molecule has 39 heavy (non-hydrogen) atoms. The molecule has 2 N–H and O–H groups in total. The van der Waals surface area contributed by atoms with Gasteiger partial charge in [-0.25, -0.2) is 12.8 Å². The van der Waals surface area contributed by atoms with Gasteiger partial charge in [-0.2, -0.15) is 13.0 Å². The number of hydrogen-bond donors (Lipinski definition) is 2. The Hall–Kier alpha value is -3.00. The fraction of sp³-hybridized carbons (Fsp3) is 0.308. The summed E-state index contributed by atoms with van der Waals surface area (Å²) in [5.41, 5.74) is 2.46. The predicted octanol–water partition coefficient (Wildman–Crippen LogP) is 3.70. The first-order chi connectivity index (χ1) is 18.4. The molecule has 0 spiro atoms. The normalized spacial score (nSPS) is 14.6. The van der Waals surface area contributed by atoms with Gasteiger partial charge in [-0.15, -0.1) is 0 Å². The van der Waals surface area contributed by atoms with E-state index in [-0.39, 0.29) is 12.2 Å². The van der Waals surface area contributed by atoms with E-state index in [4.69, 9.17) is 4.55 Å². The van der Waals surface area contributed by atoms with E-state index in [9.17, 15) is 26.0 Å². The Balaban J connectivity index is 1.64. The number of nitrogens with one attached hydrogen (secondary N) is 1. The van der Waals surface area contributed by atoms with Crippen molar-refractivity contribution in [3.63, 3.8) is 0 Å². The van der Waals surface area contributed by atoms with Crippen LogP contribution in [0.5, 0.6) is 0 Å². The highest BCUT2D eigenvalue weighted by Gasteiger charge is 2.27. The van der Waals surface area contributed by atoms with Crippen LogP contribution in [0.25, 0.3) is 17.0 Å². The van der Waals surface area contributed by atoms with Crippen LogP contribution in [0.15, 0.2) is 64.5 Å². The first kappa shape index (κ1) is 29.0. The monoisotopic (exact) mass is 594 g/mol. The molecule has 0 aliphatic carbocycles. The number of para-hydroxylation sites is 1. The second-order valence-corrected chi connectivity index (χ2v) is 13.6. The van der Waals surface area contributed by atoms with E-state index in [0.717, 1.165) is 32.8 Å². The Labute approximate surface area is 231 Å². The van der Waals surface area contributed by atoms with Crippen molar-refractivity contribution >= 4 is 60.5 Å². The van der Waals surface area contributed by atoms with Gasteiger partial charge in [0.15, 0.2) is 0 Å². The van der Waals surface area contributed by atoms with Crippen LogP contribution in [-0.2, 0) is 31.5 Å². The van der Waals surface area contributed by atoms with E-state index in [1.807, 2.05) is 52.1 Å². The number of amides is 1. The Morgan fingerprint density at radius 1 is 1.08 bits per heavy atom. The number of carbonyl (C=O) groups excluding carboxylic acids is 1. The number of unbranched alkanes of at least 4 members (excludes halogenated alkanes) is 1. The summed E-state index contributed by atoms with van der Waals surface area (Å²) in [7, 11) is -7.69. The lowest BCUT2D eigenvalue weighted by molar-refractivity contribution is -0.673. The second kappa shape index (κ2) is 12.0. The minimum Gasteiger partial charge on any atom is -0.335 e. The van der Waals surface area contributed by atoms with Crippen molar-refractivity contribution < 1.29 is 35.1 Å². The fourth-order valence-electron chi connectivity index (χ4n) is 4.40. The summed E-state index contributed by atoms with van der Waals surface area (Å²) in [5.74, 6) is -1.31. The van der Waals surface area contributed by atoms with Gasteiger partial charge in [-0.05, 0) is 43.2 Å². The smallest absolute Gasteiger partial charge is 0.264 e. The van der Waals surface area contributed by atoms with Gasteiger partial charge in [0.1, 0.15) is 12.4 Å². The number of aromatic nitrogens is 1. The predicted molar refractivity (Wildman–Crippen MR) is 150 cm³/mol. The Bertz CT molecular complexity index is 1640. The van der Waals surface area contributed by atoms with E-state index in [0.29, 0.717) is 38.0 Å². The van der Waals surface area contributed by atoms with E-state index < -0.39 is 31.9 Å². The number of pyridine rings is 1. The molecule has 0 bridgehead atoms. The minimum absolute atomic E-state index is 0.0180. The standard InChI is InChI=1S/C26H28FN3O6S3/c1-38(32,33)28-25(31)9-6-15-30-23-17-20(27)11-13-24(23)37-26(30)18-21-12-10-19-7-2-3-8-22(19)29(21)14-4-5-16-39(34,35)36/h2-3,7-8,10-13,17-18H,4-6,9,14-16H2,1H3,(H-,28,31,34,35,36)/p+1. The molecule has 1 aliphatic heterocycles. The maximum Gasteiger partial charge on any atom is 0.264 e. The van der Waals surface area contributed by atoms with Crippen molar-refractivity contribution in [3.05, 3.63) is 71.1 Å². The average Bonchev–Trinajstić information content (AvgIpc) is 3.17. The molecule has 0 fully saturated rings. The molecule has 0 unspecified atom stereocenters. The molecule has 4 rings (SSSR count). The molecule has 0 radical (unpaired) electrons. The van der Waals surface area contributed by atoms with Crippen molar-refractivity contribution in [1.29, 1.82) is 0 Å². The molecule has 13 heteroatoms. The van der Waals surface area contributed by atoms with Crippen LogP contribution in [-0.4, -0.2) is 45.8 Å². The first-order valence-electron chi connectivity index (χ1n) is 12.2. The topological polar surface area (TPSA) is 125 Å². The highest BCUT2D eigenvalue weighted by Crippen LogP contribution is 2.46. The van der Waals surface area contributed by atoms with Crippen LogP contribution >= 0.6 is 11.8 Å². The molecule has 1 amide bonds. The maximum atomic E-state index is 14.2. The number of thioether (sulfide) groups is 1. The number of benzene rings is 2. The third kappa shape index (κ3) is 8.01. The zero-order valence-electron chi connectivity index (χ0n) is 21.2. The number of halogens is 1. The van der Waals surface area contributed by atoms with Gasteiger partial charge in [-0.1, -0.05) is 23.9 Å². The minimum atomic E-state index is -4.04. The molecular weight excluding hydrogens is 566 g/mol. The number of sulfonamides is 1. The highest BCUT2D eigenvalue weighted by atomic mass is 32.2. The summed E-state index contributed by atoms with van der Waals surface area (Å²) in [6.07, 6.45) is 4.02. The van der Waals surface area contributed by atoms with Crippen LogP contribution in [0.1, 0.15) is 31.4 Å². The first-order valence-corrected chi connectivity index (χ1v) is 16.6. The van der Waals surface area contributed by atoms with E-state index in [1.165, 1.54) is 23.9 Å². The number of rotatable bonds is 11. The number of hydrogen-bond acceptors (Lipinski definition) is 7. The van der Waals surface area contributed by atoms with Gasteiger partial charge >= 0.3 is 0 Å². The van der Waals surface area contributed by atoms with Gasteiger partial charge < -0.3 is 4.90 Å². The van der Waals surface area contributed by atoms with E-state index in [1.54, 1.807) is 6.07 Å². The summed E-state index contributed by atoms with van der Waals surface area (Å²) in [6, 6.07) is 16.3. The van der Waals surface area contributed by atoms with Crippen molar-refractivity contribution in [1.82, 2.24) is 4.72 Å². The second-order valence-electron chi connectivity index (χ2n) is 9.21. The van der Waals surface area contributed by atoms with Gasteiger partial charge in [0.05, 0.1) is 22.7 Å². The molecule has 9 nitrogen and oxygen atoms in total. The molecule has 1 aromatic heterocycles. The SMILES string of the molecule is CS(=O)(=O)NC(=O)CCCN1/C(=C/c2ccc3ccccc3[n+]2CCCCS(=O)(=O)O)Sc2ccc(F)cc21. The average molecular weight is 595 g/mol. The van der Waals surface area contributed by atoms with Crippen LogP contribution in [0.2, 0.25) is 0 Å². The maximum absolute atomic E-state index is 14.2. The summed E-state index contributed by atoms with van der Waals surface area (Å²) < 4.78 is 72.3. The summed E-state index contributed by atoms with van der Waals surface area (Å²) in [6.45, 7) is 0.863. The van der Waals surface area contributed by atoms with Crippen LogP contribution in [0.4, 0.5) is 10.1 Å². The molecule has 3 aromatic rings. The molecule has 208 valence electrons. The van der Waals surface area contributed by atoms with E-state index in [2.05, 4.69) is 4.57 Å². The molecular formula is C26H29FN3O6S3+. The van der Waals surface area contributed by atoms with Gasteiger partial charge in [0.25, 0.3) is 10.1 Å². The third-order valence-corrected chi connectivity index (χ3v) is 8.57. The number of fused-ring (bicyclic) bond motifs is 2. The van der Waals surface area contributed by atoms with Crippen LogP contribution in [0, 0.1) is 5.82 Å². The number of carbonyl (C=O) groups is 1. The summed E-state index contributed by atoms with van der Waals surface area (Å²) in [5, 5.41) is 1.81. The number of aryl methyl sites for hydroxylation is 1. The van der Waals surface area contributed by atoms with Gasteiger partial charge in [-0.3, -0.25) is 14.1 Å². The number of anilines is 1. The van der Waals surface area contributed by atoms with Gasteiger partial charge in [0.2, 0.25) is 27.1 Å². The molecule has 1 aliphatic rings. The highest BCUT2D eigenvalue weighted by molar-refractivity contribution is 8.03. The zero-order valence-corrected chi connectivity index (χ0v) is 23.7. The van der Waals surface area contributed by atoms with Crippen molar-refractivity contribution in [2.75, 3.05) is 23.5 Å². The van der Waals surface area contributed by atoms with Crippen LogP contribution < -0.4 is 14.2 Å². The molecule has 2 aromatic carbocycles. The Kier molecular flexibility index (Phi) is 8.94. The molecule has 0 saturated carbocycles. The number of nitrogens with zero attached hydrogens (tertiary/aromatic N) is 2. The Morgan fingerprint density at radius 2 is 1.85 bits per heavy atom. The zero-order chi connectivity index (χ0) is 28.2. The van der Waals surface area contributed by atoms with Crippen molar-refractivity contribution in [2.24, 2.45) is 0 Å².